The molecule has 24 heavy (non-hydrogen) atoms. The topological polar surface area (TPSA) is 66.8 Å². The third kappa shape index (κ3) is 2.89. The van der Waals surface area contributed by atoms with Gasteiger partial charge in [0.25, 0.3) is 0 Å². The van der Waals surface area contributed by atoms with E-state index in [-0.39, 0.29) is 18.4 Å². The van der Waals surface area contributed by atoms with Gasteiger partial charge >= 0.3 is 5.97 Å². The number of carbonyl (C=O) groups excluding carboxylic acids is 1. The number of carboxylic acids is 1. The van der Waals surface area contributed by atoms with Gasteiger partial charge in [-0.15, -0.1) is 0 Å². The number of benzene rings is 1. The summed E-state index contributed by atoms with van der Waals surface area (Å²) < 4.78 is 5.43. The molecular formula is C17H19Cl2NO4. The van der Waals surface area contributed by atoms with Gasteiger partial charge in [-0.1, -0.05) is 29.3 Å². The van der Waals surface area contributed by atoms with Crippen LogP contribution in [0.15, 0.2) is 18.2 Å². The van der Waals surface area contributed by atoms with Crippen LogP contribution in [0, 0.1) is 11.3 Å². The normalized spacial score (nSPS) is 27.6. The predicted octanol–water partition coefficient (Wildman–Crippen LogP) is 3.05. The Morgan fingerprint density at radius 2 is 2.12 bits per heavy atom. The van der Waals surface area contributed by atoms with Crippen LogP contribution in [0.2, 0.25) is 10.0 Å². The Morgan fingerprint density at radius 3 is 2.75 bits per heavy atom. The van der Waals surface area contributed by atoms with Crippen molar-refractivity contribution in [1.82, 2.24) is 4.90 Å². The number of nitrogens with zero attached hydrogens (tertiary/aromatic N) is 1. The molecule has 130 valence electrons. The molecule has 2 fully saturated rings. The van der Waals surface area contributed by atoms with Gasteiger partial charge in [-0.2, -0.15) is 0 Å². The van der Waals surface area contributed by atoms with Crippen molar-refractivity contribution in [2.75, 3.05) is 26.3 Å². The molecule has 2 aliphatic heterocycles. The second kappa shape index (κ2) is 6.54. The number of carboxylic acid groups (broad SMARTS) is 1. The SMILES string of the molecule is CC(C(=O)N1C[C@H]2COCC[C@@]2(C(=O)O)C1)c1ccc(Cl)c(Cl)c1. The number of fused-ring (bicyclic) bond motifs is 1. The van der Waals surface area contributed by atoms with E-state index < -0.39 is 17.3 Å². The monoisotopic (exact) mass is 371 g/mol. The number of amides is 1. The Balaban J connectivity index is 1.80. The maximum absolute atomic E-state index is 12.9. The third-order valence-corrected chi connectivity index (χ3v) is 6.00. The lowest BCUT2D eigenvalue weighted by Crippen LogP contribution is -2.45. The Bertz CT molecular complexity index is 681. The van der Waals surface area contributed by atoms with Crippen molar-refractivity contribution in [2.24, 2.45) is 11.3 Å². The molecular weight excluding hydrogens is 353 g/mol. The lowest BCUT2D eigenvalue weighted by Gasteiger charge is -2.33. The first-order valence-electron chi connectivity index (χ1n) is 7.90. The molecule has 0 spiro atoms. The van der Waals surface area contributed by atoms with E-state index in [2.05, 4.69) is 0 Å². The Morgan fingerprint density at radius 1 is 1.38 bits per heavy atom. The quantitative estimate of drug-likeness (QED) is 0.886. The minimum Gasteiger partial charge on any atom is -0.481 e. The number of hydrogen-bond donors (Lipinski definition) is 1. The number of ether oxygens (including phenoxy) is 1. The van der Waals surface area contributed by atoms with Crippen molar-refractivity contribution in [1.29, 1.82) is 0 Å². The number of likely N-dealkylation sites (tertiary alicyclic amines) is 1. The minimum absolute atomic E-state index is 0.0941. The van der Waals surface area contributed by atoms with Crippen LogP contribution in [0.1, 0.15) is 24.8 Å². The van der Waals surface area contributed by atoms with Crippen molar-refractivity contribution in [2.45, 2.75) is 19.3 Å². The van der Waals surface area contributed by atoms with E-state index in [0.29, 0.717) is 36.2 Å². The summed E-state index contributed by atoms with van der Waals surface area (Å²) in [4.78, 5) is 26.3. The zero-order valence-electron chi connectivity index (χ0n) is 13.3. The summed E-state index contributed by atoms with van der Waals surface area (Å²) in [6, 6.07) is 5.13. The second-order valence-corrected chi connectivity index (χ2v) is 7.41. The van der Waals surface area contributed by atoms with Crippen LogP contribution in [-0.2, 0) is 14.3 Å². The molecule has 0 aliphatic carbocycles. The van der Waals surface area contributed by atoms with E-state index in [4.69, 9.17) is 27.9 Å². The summed E-state index contributed by atoms with van der Waals surface area (Å²) >= 11 is 12.0. The molecule has 1 N–H and O–H groups in total. The van der Waals surface area contributed by atoms with Crippen molar-refractivity contribution >= 4 is 35.1 Å². The van der Waals surface area contributed by atoms with E-state index >= 15 is 0 Å². The molecule has 1 amide bonds. The summed E-state index contributed by atoms with van der Waals surface area (Å²) in [7, 11) is 0. The Labute approximate surface area is 150 Å². The maximum atomic E-state index is 12.9. The molecule has 0 aromatic heterocycles. The highest BCUT2D eigenvalue weighted by molar-refractivity contribution is 6.42. The zero-order chi connectivity index (χ0) is 17.5. The van der Waals surface area contributed by atoms with Gasteiger partial charge in [-0.25, -0.2) is 0 Å². The van der Waals surface area contributed by atoms with Crippen molar-refractivity contribution in [3.8, 4) is 0 Å². The molecule has 0 saturated carbocycles. The Kier molecular flexibility index (Phi) is 4.78. The highest BCUT2D eigenvalue weighted by atomic mass is 35.5. The van der Waals surface area contributed by atoms with Crippen LogP contribution >= 0.6 is 23.2 Å². The average Bonchev–Trinajstić information content (AvgIpc) is 2.97. The van der Waals surface area contributed by atoms with Crippen molar-refractivity contribution in [3.63, 3.8) is 0 Å². The van der Waals surface area contributed by atoms with Gasteiger partial charge in [0.05, 0.1) is 28.0 Å². The molecule has 2 aliphatic rings. The number of hydrogen-bond acceptors (Lipinski definition) is 3. The molecule has 7 heteroatoms. The summed E-state index contributed by atoms with van der Waals surface area (Å²) in [5.41, 5.74) is -0.115. The fraction of sp³-hybridized carbons (Fsp3) is 0.529. The highest BCUT2D eigenvalue weighted by Gasteiger charge is 2.55. The zero-order valence-corrected chi connectivity index (χ0v) is 14.8. The largest absolute Gasteiger partial charge is 0.481 e. The molecule has 1 aromatic rings. The molecule has 1 aromatic carbocycles. The van der Waals surface area contributed by atoms with Gasteiger partial charge in [-0.3, -0.25) is 9.59 Å². The van der Waals surface area contributed by atoms with Crippen LogP contribution in [-0.4, -0.2) is 48.2 Å². The predicted molar refractivity (Wildman–Crippen MR) is 90.5 cm³/mol. The first-order valence-corrected chi connectivity index (χ1v) is 8.65. The number of carbonyl (C=O) groups is 2. The van der Waals surface area contributed by atoms with Crippen LogP contribution in [0.4, 0.5) is 0 Å². The lowest BCUT2D eigenvalue weighted by atomic mass is 9.74. The van der Waals surface area contributed by atoms with E-state index in [1.54, 1.807) is 30.0 Å². The molecule has 5 nitrogen and oxygen atoms in total. The van der Waals surface area contributed by atoms with Gasteiger partial charge < -0.3 is 14.7 Å². The molecule has 0 bridgehead atoms. The van der Waals surface area contributed by atoms with Gasteiger partial charge in [0, 0.05) is 25.6 Å². The summed E-state index contributed by atoms with van der Waals surface area (Å²) in [5, 5.41) is 10.5. The number of halogens is 2. The lowest BCUT2D eigenvalue weighted by molar-refractivity contribution is -0.157. The van der Waals surface area contributed by atoms with Gasteiger partial charge in [0.1, 0.15) is 0 Å². The van der Waals surface area contributed by atoms with Gasteiger partial charge in [-0.05, 0) is 31.0 Å². The molecule has 3 rings (SSSR count). The first-order chi connectivity index (χ1) is 11.3. The van der Waals surface area contributed by atoms with Gasteiger partial charge in [0.2, 0.25) is 5.91 Å². The van der Waals surface area contributed by atoms with Crippen LogP contribution < -0.4 is 0 Å². The van der Waals surface area contributed by atoms with Crippen LogP contribution in [0.25, 0.3) is 0 Å². The van der Waals surface area contributed by atoms with Crippen LogP contribution in [0.3, 0.4) is 0 Å². The van der Waals surface area contributed by atoms with E-state index in [0.717, 1.165) is 5.56 Å². The third-order valence-electron chi connectivity index (χ3n) is 5.26. The average molecular weight is 372 g/mol. The molecule has 0 radical (unpaired) electrons. The summed E-state index contributed by atoms with van der Waals surface area (Å²) in [5.74, 6) is -1.50. The smallest absolute Gasteiger partial charge is 0.311 e. The minimum atomic E-state index is -0.884. The fourth-order valence-corrected chi connectivity index (χ4v) is 3.97. The standard InChI is InChI=1S/C17H19Cl2NO4/c1-10(11-2-3-13(18)14(19)6-11)15(21)20-7-12-8-24-5-4-17(12,9-20)16(22)23/h2-3,6,10,12H,4-5,7-9H2,1H3,(H,22,23)/t10?,12-,17+/m0/s1. The van der Waals surface area contributed by atoms with E-state index in [1.807, 2.05) is 0 Å². The molecule has 2 heterocycles. The molecule has 2 saturated heterocycles. The highest BCUT2D eigenvalue weighted by Crippen LogP contribution is 2.43. The number of aliphatic carboxylic acids is 1. The number of rotatable bonds is 3. The summed E-state index contributed by atoms with van der Waals surface area (Å²) in [6.07, 6.45) is 0.442. The first kappa shape index (κ1) is 17.5. The van der Waals surface area contributed by atoms with Crippen molar-refractivity contribution in [3.05, 3.63) is 33.8 Å². The molecule has 1 unspecified atom stereocenters. The van der Waals surface area contributed by atoms with E-state index in [9.17, 15) is 14.7 Å². The second-order valence-electron chi connectivity index (χ2n) is 6.60. The molecule has 3 atom stereocenters. The Hall–Kier alpha value is -1.30. The van der Waals surface area contributed by atoms with Crippen LogP contribution in [0.5, 0.6) is 0 Å². The van der Waals surface area contributed by atoms with Crippen molar-refractivity contribution < 1.29 is 19.4 Å². The van der Waals surface area contributed by atoms with E-state index in [1.165, 1.54) is 0 Å². The maximum Gasteiger partial charge on any atom is 0.311 e. The van der Waals surface area contributed by atoms with Gasteiger partial charge in [0.15, 0.2) is 0 Å². The fourth-order valence-electron chi connectivity index (χ4n) is 3.67. The summed E-state index contributed by atoms with van der Waals surface area (Å²) in [6.45, 7) is 3.26.